The van der Waals surface area contributed by atoms with Crippen molar-refractivity contribution in [2.45, 2.75) is 32.2 Å². The highest BCUT2D eigenvalue weighted by Crippen LogP contribution is 2.56. The van der Waals surface area contributed by atoms with E-state index >= 15 is 0 Å². The first-order valence-electron chi connectivity index (χ1n) is 9.11. The van der Waals surface area contributed by atoms with Crippen LogP contribution in [0.4, 0.5) is 0 Å². The van der Waals surface area contributed by atoms with Gasteiger partial charge < -0.3 is 4.74 Å². The third kappa shape index (κ3) is 2.55. The number of Topliss-reactive ketones (excluding diaryl/α,β-unsaturated/α-hetero) is 1. The third-order valence-corrected chi connectivity index (χ3v) is 6.13. The van der Waals surface area contributed by atoms with Crippen molar-refractivity contribution in [3.05, 3.63) is 35.9 Å². The van der Waals surface area contributed by atoms with Gasteiger partial charge in [0, 0.05) is 5.56 Å². The van der Waals surface area contributed by atoms with E-state index in [9.17, 15) is 19.2 Å². The van der Waals surface area contributed by atoms with Gasteiger partial charge in [0.2, 0.25) is 11.8 Å². The van der Waals surface area contributed by atoms with Crippen LogP contribution in [0.1, 0.15) is 36.5 Å². The van der Waals surface area contributed by atoms with Crippen LogP contribution in [-0.4, -0.2) is 41.1 Å². The molecule has 1 aromatic carbocycles. The summed E-state index contributed by atoms with van der Waals surface area (Å²) in [6.45, 7) is 1.09. The standard InChI is InChI=1S/C20H21NO5/c1-11(20(25)26-10-15(22)12-5-3-2-4-6-12)21-18(23)16-13-7-8-14(9-13)17(16)19(21)24/h2-6,11,13-14,16-17H,7-10H2,1H3/t11-,13-,14+,16+,17+/m1/s1. The number of benzene rings is 1. The number of hydrogen-bond acceptors (Lipinski definition) is 5. The molecule has 3 aliphatic rings. The molecule has 26 heavy (non-hydrogen) atoms. The van der Waals surface area contributed by atoms with E-state index in [0.717, 1.165) is 24.2 Å². The molecule has 0 radical (unpaired) electrons. The molecule has 2 saturated carbocycles. The summed E-state index contributed by atoms with van der Waals surface area (Å²) in [6, 6.07) is 7.54. The zero-order valence-corrected chi connectivity index (χ0v) is 14.6. The lowest BCUT2D eigenvalue weighted by Crippen LogP contribution is -2.45. The van der Waals surface area contributed by atoms with Crippen molar-refractivity contribution in [2.75, 3.05) is 6.61 Å². The van der Waals surface area contributed by atoms with Crippen LogP contribution in [0.25, 0.3) is 0 Å². The number of carbonyl (C=O) groups excluding carboxylic acids is 4. The van der Waals surface area contributed by atoms with Crippen LogP contribution in [-0.2, 0) is 19.1 Å². The SMILES string of the molecule is C[C@H](C(=O)OCC(=O)c1ccccc1)N1C(=O)[C@H]2[C@@H]3CC[C@@H](C3)[C@@H]2C1=O. The number of esters is 1. The summed E-state index contributed by atoms with van der Waals surface area (Å²) in [5.41, 5.74) is 0.451. The number of nitrogens with zero attached hydrogens (tertiary/aromatic N) is 1. The Labute approximate surface area is 151 Å². The molecule has 0 N–H and O–H groups in total. The molecule has 2 amide bonds. The second-order valence-electron chi connectivity index (χ2n) is 7.50. The van der Waals surface area contributed by atoms with Crippen LogP contribution in [0.2, 0.25) is 0 Å². The minimum absolute atomic E-state index is 0.244. The molecular formula is C20H21NO5. The normalized spacial score (nSPS) is 30.4. The van der Waals surface area contributed by atoms with E-state index in [2.05, 4.69) is 0 Å². The van der Waals surface area contributed by atoms with E-state index in [0.29, 0.717) is 5.56 Å². The molecule has 6 heteroatoms. The predicted octanol–water partition coefficient (Wildman–Crippen LogP) is 1.83. The molecule has 3 fully saturated rings. The molecule has 0 unspecified atom stereocenters. The summed E-state index contributed by atoms with van der Waals surface area (Å²) in [4.78, 5) is 50.9. The van der Waals surface area contributed by atoms with E-state index in [1.807, 2.05) is 0 Å². The fourth-order valence-corrected chi connectivity index (χ4v) is 4.88. The Morgan fingerprint density at radius 3 is 2.23 bits per heavy atom. The first-order chi connectivity index (χ1) is 12.5. The molecular weight excluding hydrogens is 334 g/mol. The van der Waals surface area contributed by atoms with Gasteiger partial charge in [-0.1, -0.05) is 30.3 Å². The van der Waals surface area contributed by atoms with Gasteiger partial charge in [-0.2, -0.15) is 0 Å². The Balaban J connectivity index is 1.40. The summed E-state index contributed by atoms with van der Waals surface area (Å²) in [6.07, 6.45) is 2.93. The minimum atomic E-state index is -0.997. The first-order valence-corrected chi connectivity index (χ1v) is 9.11. The van der Waals surface area contributed by atoms with E-state index in [1.165, 1.54) is 6.92 Å². The van der Waals surface area contributed by atoms with Crippen molar-refractivity contribution >= 4 is 23.6 Å². The fourth-order valence-electron chi connectivity index (χ4n) is 4.88. The number of fused-ring (bicyclic) bond motifs is 5. The molecule has 0 spiro atoms. The van der Waals surface area contributed by atoms with Gasteiger partial charge in [-0.15, -0.1) is 0 Å². The Bertz CT molecular complexity index is 746. The second-order valence-corrected chi connectivity index (χ2v) is 7.50. The average molecular weight is 355 g/mol. The molecule has 1 aliphatic heterocycles. The Morgan fingerprint density at radius 1 is 1.08 bits per heavy atom. The van der Waals surface area contributed by atoms with Crippen LogP contribution >= 0.6 is 0 Å². The van der Waals surface area contributed by atoms with Gasteiger partial charge in [-0.05, 0) is 38.0 Å². The van der Waals surface area contributed by atoms with Gasteiger partial charge in [-0.25, -0.2) is 4.79 Å². The molecule has 1 aromatic rings. The van der Waals surface area contributed by atoms with Crippen molar-refractivity contribution in [1.82, 2.24) is 4.90 Å². The number of carbonyl (C=O) groups is 4. The summed E-state index contributed by atoms with van der Waals surface area (Å²) < 4.78 is 5.09. The highest BCUT2D eigenvalue weighted by atomic mass is 16.5. The van der Waals surface area contributed by atoms with Crippen molar-refractivity contribution in [1.29, 1.82) is 0 Å². The molecule has 0 aromatic heterocycles. The zero-order chi connectivity index (χ0) is 18.4. The summed E-state index contributed by atoms with van der Waals surface area (Å²) in [5, 5.41) is 0. The molecule has 5 atom stereocenters. The van der Waals surface area contributed by atoms with Crippen molar-refractivity contribution in [3.63, 3.8) is 0 Å². The lowest BCUT2D eigenvalue weighted by atomic mass is 9.81. The van der Waals surface area contributed by atoms with Gasteiger partial charge in [0.05, 0.1) is 11.8 Å². The molecule has 4 rings (SSSR count). The van der Waals surface area contributed by atoms with Crippen LogP contribution in [0.5, 0.6) is 0 Å². The quantitative estimate of drug-likeness (QED) is 0.457. The molecule has 1 heterocycles. The fraction of sp³-hybridized carbons (Fsp3) is 0.500. The van der Waals surface area contributed by atoms with Crippen molar-refractivity contribution in [3.8, 4) is 0 Å². The van der Waals surface area contributed by atoms with Crippen molar-refractivity contribution < 1.29 is 23.9 Å². The minimum Gasteiger partial charge on any atom is -0.456 e. The molecule has 136 valence electrons. The summed E-state index contributed by atoms with van der Waals surface area (Å²) in [7, 11) is 0. The average Bonchev–Trinajstić information content (AvgIpc) is 3.33. The van der Waals surface area contributed by atoms with E-state index in [4.69, 9.17) is 4.74 Å². The van der Waals surface area contributed by atoms with Gasteiger partial charge in [0.25, 0.3) is 0 Å². The number of imide groups is 1. The van der Waals surface area contributed by atoms with Crippen LogP contribution < -0.4 is 0 Å². The number of amides is 2. The number of hydrogen-bond donors (Lipinski definition) is 0. The highest BCUT2D eigenvalue weighted by Gasteiger charge is 2.62. The third-order valence-electron chi connectivity index (χ3n) is 6.13. The van der Waals surface area contributed by atoms with Crippen LogP contribution in [0.3, 0.4) is 0 Å². The summed E-state index contributed by atoms with van der Waals surface area (Å²) >= 11 is 0. The number of likely N-dealkylation sites (tertiary alicyclic amines) is 1. The van der Waals surface area contributed by atoms with Gasteiger partial charge >= 0.3 is 5.97 Å². The smallest absolute Gasteiger partial charge is 0.329 e. The van der Waals surface area contributed by atoms with E-state index in [-0.39, 0.29) is 41.3 Å². The molecule has 2 aliphatic carbocycles. The summed E-state index contributed by atoms with van der Waals surface area (Å²) in [5.74, 6) is -1.51. The molecule has 6 nitrogen and oxygen atoms in total. The van der Waals surface area contributed by atoms with E-state index < -0.39 is 18.6 Å². The molecule has 2 bridgehead atoms. The van der Waals surface area contributed by atoms with Gasteiger partial charge in [0.15, 0.2) is 12.4 Å². The maximum Gasteiger partial charge on any atom is 0.329 e. The first kappa shape index (κ1) is 16.9. The van der Waals surface area contributed by atoms with Crippen LogP contribution in [0, 0.1) is 23.7 Å². The maximum atomic E-state index is 12.7. The monoisotopic (exact) mass is 355 g/mol. The Morgan fingerprint density at radius 2 is 1.65 bits per heavy atom. The lowest BCUT2D eigenvalue weighted by Gasteiger charge is -2.22. The largest absolute Gasteiger partial charge is 0.456 e. The van der Waals surface area contributed by atoms with Crippen molar-refractivity contribution in [2.24, 2.45) is 23.7 Å². The highest BCUT2D eigenvalue weighted by molar-refractivity contribution is 6.08. The van der Waals surface area contributed by atoms with Crippen LogP contribution in [0.15, 0.2) is 30.3 Å². The lowest BCUT2D eigenvalue weighted by molar-refractivity contribution is -0.157. The number of rotatable bonds is 5. The Kier molecular flexibility index (Phi) is 4.13. The molecule has 1 saturated heterocycles. The number of ketones is 1. The number of ether oxygens (including phenoxy) is 1. The van der Waals surface area contributed by atoms with E-state index in [1.54, 1.807) is 30.3 Å². The maximum absolute atomic E-state index is 12.7. The van der Waals surface area contributed by atoms with Gasteiger partial charge in [-0.3, -0.25) is 19.3 Å². The zero-order valence-electron chi connectivity index (χ0n) is 14.6. The second kappa shape index (κ2) is 6.34. The van der Waals surface area contributed by atoms with Gasteiger partial charge in [0.1, 0.15) is 6.04 Å². The Hall–Kier alpha value is -2.50. The predicted molar refractivity (Wildman–Crippen MR) is 90.9 cm³/mol. The topological polar surface area (TPSA) is 80.8 Å².